The van der Waals surface area contributed by atoms with Crippen molar-refractivity contribution in [3.05, 3.63) is 70.8 Å². The number of anilines is 1. The highest BCUT2D eigenvalue weighted by atomic mass is 16.7. The topological polar surface area (TPSA) is 97.8 Å². The second kappa shape index (κ2) is 7.37. The monoisotopic (exact) mass is 430 g/mol. The molecule has 5 rings (SSSR count). The van der Waals surface area contributed by atoms with E-state index in [0.717, 1.165) is 35.1 Å². The number of carbonyl (C=O) groups excluding carboxylic acids is 1. The Labute approximate surface area is 185 Å². The minimum Gasteiger partial charge on any atom is -0.478 e. The van der Waals surface area contributed by atoms with Crippen LogP contribution in [0.5, 0.6) is 11.5 Å². The zero-order valence-corrected chi connectivity index (χ0v) is 17.8. The summed E-state index contributed by atoms with van der Waals surface area (Å²) in [5.41, 5.74) is 3.84. The first-order chi connectivity index (χ1) is 15.4. The maximum Gasteiger partial charge on any atom is 0.335 e. The molecule has 0 saturated heterocycles. The lowest BCUT2D eigenvalue weighted by Gasteiger charge is -2.17. The van der Waals surface area contributed by atoms with Crippen LogP contribution in [0, 0.1) is 13.8 Å². The molecule has 1 saturated carbocycles. The van der Waals surface area contributed by atoms with Gasteiger partial charge in [-0.15, -0.1) is 0 Å². The highest BCUT2D eigenvalue weighted by Gasteiger charge is 2.51. The molecule has 0 atom stereocenters. The number of carboxylic acid groups (broad SMARTS) is 1. The molecular weight excluding hydrogens is 408 g/mol. The molecule has 162 valence electrons. The third kappa shape index (κ3) is 3.36. The van der Waals surface area contributed by atoms with E-state index in [9.17, 15) is 14.7 Å². The average molecular weight is 430 g/mol. The predicted octanol–water partition coefficient (Wildman–Crippen LogP) is 4.46. The summed E-state index contributed by atoms with van der Waals surface area (Å²) in [5, 5.41) is 12.2. The van der Waals surface area contributed by atoms with E-state index in [0.29, 0.717) is 23.0 Å². The lowest BCUT2D eigenvalue weighted by Crippen LogP contribution is -2.28. The molecule has 2 heterocycles. The number of amides is 1. The molecule has 1 aliphatic carbocycles. The molecule has 2 aromatic carbocycles. The number of aryl methyl sites for hydroxylation is 2. The highest BCUT2D eigenvalue weighted by molar-refractivity contribution is 6.01. The summed E-state index contributed by atoms with van der Waals surface area (Å²) < 4.78 is 10.8. The Balaban J connectivity index is 1.42. The molecule has 2 N–H and O–H groups in total. The van der Waals surface area contributed by atoms with Gasteiger partial charge in [-0.1, -0.05) is 18.2 Å². The zero-order valence-electron chi connectivity index (χ0n) is 17.8. The molecule has 1 amide bonds. The Kier molecular flexibility index (Phi) is 4.62. The average Bonchev–Trinajstić information content (AvgIpc) is 3.46. The highest BCUT2D eigenvalue weighted by Crippen LogP contribution is 2.51. The standard InChI is InChI=1S/C25H22N2O5/c1-14-3-8-21(26-22(14)18-6-4-16(23(28)29)11-15(18)2)27-24(30)25(9-10-25)17-5-7-19-20(12-17)32-13-31-19/h3-8,11-12H,9-10,13H2,1-2H3,(H,28,29)(H,26,27,30). The van der Waals surface area contributed by atoms with Crippen molar-refractivity contribution in [1.29, 1.82) is 0 Å². The normalized spacial score (nSPS) is 15.3. The van der Waals surface area contributed by atoms with Crippen LogP contribution in [-0.2, 0) is 10.2 Å². The number of ether oxygens (including phenoxy) is 2. The zero-order chi connectivity index (χ0) is 22.5. The molecule has 1 fully saturated rings. The van der Waals surface area contributed by atoms with E-state index in [2.05, 4.69) is 10.3 Å². The number of carboxylic acids is 1. The molecular formula is C25H22N2O5. The van der Waals surface area contributed by atoms with Crippen LogP contribution in [0.2, 0.25) is 0 Å². The number of aromatic carboxylic acids is 1. The number of aromatic nitrogens is 1. The van der Waals surface area contributed by atoms with Crippen molar-refractivity contribution in [3.63, 3.8) is 0 Å². The molecule has 0 bridgehead atoms. The van der Waals surface area contributed by atoms with Crippen LogP contribution in [0.1, 0.15) is 39.9 Å². The SMILES string of the molecule is Cc1cc(C(=O)O)ccc1-c1nc(NC(=O)C2(c3ccc4c(c3)OCO4)CC2)ccc1C. The number of carbonyl (C=O) groups is 2. The van der Waals surface area contributed by atoms with Crippen LogP contribution in [0.15, 0.2) is 48.5 Å². The molecule has 0 radical (unpaired) electrons. The third-order valence-corrected chi connectivity index (χ3v) is 6.18. The Bertz CT molecular complexity index is 1260. The van der Waals surface area contributed by atoms with Crippen LogP contribution < -0.4 is 14.8 Å². The van der Waals surface area contributed by atoms with Gasteiger partial charge in [0.1, 0.15) is 5.82 Å². The second-order valence-corrected chi connectivity index (χ2v) is 8.30. The van der Waals surface area contributed by atoms with Crippen molar-refractivity contribution in [2.24, 2.45) is 0 Å². The van der Waals surface area contributed by atoms with Crippen molar-refractivity contribution in [1.82, 2.24) is 4.98 Å². The van der Waals surface area contributed by atoms with E-state index in [1.165, 1.54) is 0 Å². The summed E-state index contributed by atoms with van der Waals surface area (Å²) in [4.78, 5) is 29.2. The van der Waals surface area contributed by atoms with E-state index in [1.807, 2.05) is 38.1 Å². The summed E-state index contributed by atoms with van der Waals surface area (Å²) in [5.74, 6) is 0.751. The van der Waals surface area contributed by atoms with Crippen molar-refractivity contribution in [2.75, 3.05) is 12.1 Å². The van der Waals surface area contributed by atoms with Gasteiger partial charge in [0.25, 0.3) is 0 Å². The first-order valence-corrected chi connectivity index (χ1v) is 10.4. The van der Waals surface area contributed by atoms with Gasteiger partial charge in [0.05, 0.1) is 16.7 Å². The quantitative estimate of drug-likeness (QED) is 0.620. The van der Waals surface area contributed by atoms with Gasteiger partial charge in [-0.3, -0.25) is 4.79 Å². The van der Waals surface area contributed by atoms with Crippen LogP contribution in [0.3, 0.4) is 0 Å². The van der Waals surface area contributed by atoms with Gasteiger partial charge in [-0.05, 0) is 73.7 Å². The molecule has 3 aromatic rings. The summed E-state index contributed by atoms with van der Waals surface area (Å²) in [6.45, 7) is 3.99. The van der Waals surface area contributed by atoms with Crippen molar-refractivity contribution < 1.29 is 24.2 Å². The predicted molar refractivity (Wildman–Crippen MR) is 118 cm³/mol. The molecule has 0 spiro atoms. The first-order valence-electron chi connectivity index (χ1n) is 10.4. The Morgan fingerprint density at radius 3 is 2.47 bits per heavy atom. The minimum absolute atomic E-state index is 0.100. The van der Waals surface area contributed by atoms with Crippen molar-refractivity contribution in [2.45, 2.75) is 32.1 Å². The fourth-order valence-electron chi connectivity index (χ4n) is 4.14. The second-order valence-electron chi connectivity index (χ2n) is 8.30. The Morgan fingerprint density at radius 1 is 0.969 bits per heavy atom. The molecule has 7 nitrogen and oxygen atoms in total. The maximum atomic E-state index is 13.2. The summed E-state index contributed by atoms with van der Waals surface area (Å²) in [6.07, 6.45) is 1.51. The fourth-order valence-corrected chi connectivity index (χ4v) is 4.14. The number of benzene rings is 2. The van der Waals surface area contributed by atoms with Crippen LogP contribution in [-0.4, -0.2) is 28.8 Å². The van der Waals surface area contributed by atoms with Gasteiger partial charge in [0.2, 0.25) is 12.7 Å². The third-order valence-electron chi connectivity index (χ3n) is 6.18. The number of hydrogen-bond donors (Lipinski definition) is 2. The van der Waals surface area contributed by atoms with Crippen LogP contribution >= 0.6 is 0 Å². The number of nitrogens with zero attached hydrogens (tertiary/aromatic N) is 1. The lowest BCUT2D eigenvalue weighted by molar-refractivity contribution is -0.118. The number of pyridine rings is 1. The Hall–Kier alpha value is -3.87. The van der Waals surface area contributed by atoms with Gasteiger partial charge in [-0.2, -0.15) is 0 Å². The number of hydrogen-bond acceptors (Lipinski definition) is 5. The van der Waals surface area contributed by atoms with Gasteiger partial charge >= 0.3 is 5.97 Å². The van der Waals surface area contributed by atoms with E-state index in [1.54, 1.807) is 24.3 Å². The Morgan fingerprint density at radius 2 is 1.75 bits per heavy atom. The van der Waals surface area contributed by atoms with Gasteiger partial charge in [-0.25, -0.2) is 9.78 Å². The number of fused-ring (bicyclic) bond motifs is 1. The summed E-state index contributed by atoms with van der Waals surface area (Å²) in [7, 11) is 0. The molecule has 0 unspecified atom stereocenters. The lowest BCUT2D eigenvalue weighted by atomic mass is 9.94. The smallest absolute Gasteiger partial charge is 0.335 e. The van der Waals surface area contributed by atoms with E-state index >= 15 is 0 Å². The molecule has 7 heteroatoms. The van der Waals surface area contributed by atoms with Crippen LogP contribution in [0.4, 0.5) is 5.82 Å². The summed E-state index contributed by atoms with van der Waals surface area (Å²) >= 11 is 0. The maximum absolute atomic E-state index is 13.2. The molecule has 1 aliphatic heterocycles. The van der Waals surface area contributed by atoms with E-state index in [4.69, 9.17) is 9.47 Å². The van der Waals surface area contributed by atoms with Gasteiger partial charge < -0.3 is 19.9 Å². The summed E-state index contributed by atoms with van der Waals surface area (Å²) in [6, 6.07) is 14.3. The largest absolute Gasteiger partial charge is 0.478 e. The van der Waals surface area contributed by atoms with Gasteiger partial charge in [0, 0.05) is 5.56 Å². The first kappa shape index (κ1) is 20.1. The van der Waals surface area contributed by atoms with E-state index in [-0.39, 0.29) is 18.3 Å². The van der Waals surface area contributed by atoms with Crippen molar-refractivity contribution in [3.8, 4) is 22.8 Å². The fraction of sp³-hybridized carbons (Fsp3) is 0.240. The molecule has 32 heavy (non-hydrogen) atoms. The minimum atomic E-state index is -0.969. The number of rotatable bonds is 5. The van der Waals surface area contributed by atoms with Gasteiger partial charge in [0.15, 0.2) is 11.5 Å². The number of nitrogens with one attached hydrogen (secondary N) is 1. The van der Waals surface area contributed by atoms with E-state index < -0.39 is 11.4 Å². The molecule has 2 aliphatic rings. The molecule has 1 aromatic heterocycles. The van der Waals surface area contributed by atoms with Crippen LogP contribution in [0.25, 0.3) is 11.3 Å². The van der Waals surface area contributed by atoms with Crippen molar-refractivity contribution >= 4 is 17.7 Å².